The molecule has 3 N–H and O–H groups in total. The molecule has 1 aliphatic rings. The second-order valence-electron chi connectivity index (χ2n) is 5.78. The van der Waals surface area contributed by atoms with Crippen molar-refractivity contribution < 1.29 is 14.7 Å². The largest absolute Gasteiger partial charge is 0.396 e. The fourth-order valence-corrected chi connectivity index (χ4v) is 2.44. The molecule has 0 aliphatic carbocycles. The molecule has 0 saturated carbocycles. The molecule has 0 aromatic carbocycles. The van der Waals surface area contributed by atoms with Gasteiger partial charge >= 0.3 is 6.03 Å². The van der Waals surface area contributed by atoms with Crippen LogP contribution in [0.4, 0.5) is 4.79 Å². The van der Waals surface area contributed by atoms with Gasteiger partial charge < -0.3 is 10.4 Å². The van der Waals surface area contributed by atoms with E-state index in [4.69, 9.17) is 5.11 Å². The van der Waals surface area contributed by atoms with Crippen molar-refractivity contribution in [3.05, 3.63) is 0 Å². The summed E-state index contributed by atoms with van der Waals surface area (Å²) < 4.78 is 0. The number of aliphatic hydroxyl groups is 1. The first-order valence-electron chi connectivity index (χ1n) is 7.45. The van der Waals surface area contributed by atoms with Crippen molar-refractivity contribution in [2.24, 2.45) is 5.92 Å². The van der Waals surface area contributed by atoms with Crippen LogP contribution in [0.3, 0.4) is 0 Å². The van der Waals surface area contributed by atoms with Gasteiger partial charge in [-0.2, -0.15) is 0 Å². The molecule has 20 heavy (non-hydrogen) atoms. The highest BCUT2D eigenvalue weighted by molar-refractivity contribution is 5.95. The summed E-state index contributed by atoms with van der Waals surface area (Å²) in [6.07, 6.45) is 3.90. The van der Waals surface area contributed by atoms with Gasteiger partial charge in [-0.15, -0.1) is 0 Å². The van der Waals surface area contributed by atoms with Gasteiger partial charge in [0.2, 0.25) is 5.91 Å². The average Bonchev–Trinajstić information content (AvgIpc) is 2.39. The quantitative estimate of drug-likeness (QED) is 0.671. The summed E-state index contributed by atoms with van der Waals surface area (Å²) in [5.41, 5.74) is 0. The number of piperidine rings is 1. The van der Waals surface area contributed by atoms with Gasteiger partial charge in [0.25, 0.3) is 0 Å². The van der Waals surface area contributed by atoms with Crippen molar-refractivity contribution in [2.45, 2.75) is 45.6 Å². The molecule has 0 aromatic heterocycles. The minimum absolute atomic E-state index is 0.137. The Morgan fingerprint density at radius 1 is 1.35 bits per heavy atom. The molecule has 6 heteroatoms. The van der Waals surface area contributed by atoms with Crippen molar-refractivity contribution in [1.29, 1.82) is 0 Å². The topological polar surface area (TPSA) is 81.7 Å². The summed E-state index contributed by atoms with van der Waals surface area (Å²) in [5, 5.41) is 14.1. The fourth-order valence-electron chi connectivity index (χ4n) is 2.44. The third-order valence-corrected chi connectivity index (χ3v) is 3.48. The predicted octanol–water partition coefficient (Wildman–Crippen LogP) is 0.705. The lowest BCUT2D eigenvalue weighted by Gasteiger charge is -2.34. The Balaban J connectivity index is 2.34. The molecule has 6 nitrogen and oxygen atoms in total. The lowest BCUT2D eigenvalue weighted by Crippen LogP contribution is -2.49. The van der Waals surface area contributed by atoms with Gasteiger partial charge in [0.05, 0.1) is 6.54 Å². The number of nitrogens with one attached hydrogen (secondary N) is 2. The maximum Gasteiger partial charge on any atom is 0.321 e. The standard InChI is InChI=1S/C14H27N3O3/c1-11(2)9-15-14(20)16-13(19)10-17-7-4-3-5-12(17)6-8-18/h11-12,18H,3-10H2,1-2H3,(H2,15,16,19,20). The third kappa shape index (κ3) is 6.34. The number of hydrogen-bond acceptors (Lipinski definition) is 4. The minimum atomic E-state index is -0.431. The van der Waals surface area contributed by atoms with Crippen molar-refractivity contribution >= 4 is 11.9 Å². The van der Waals surface area contributed by atoms with E-state index in [0.29, 0.717) is 18.9 Å². The molecule has 1 aliphatic heterocycles. The maximum absolute atomic E-state index is 11.8. The summed E-state index contributed by atoms with van der Waals surface area (Å²) in [7, 11) is 0. The zero-order valence-electron chi connectivity index (χ0n) is 12.5. The van der Waals surface area contributed by atoms with Gasteiger partial charge in [-0.05, 0) is 31.7 Å². The van der Waals surface area contributed by atoms with E-state index in [9.17, 15) is 9.59 Å². The molecular weight excluding hydrogens is 258 g/mol. The van der Waals surface area contributed by atoms with E-state index in [0.717, 1.165) is 25.8 Å². The normalized spacial score (nSPS) is 19.9. The van der Waals surface area contributed by atoms with Crippen LogP contribution in [-0.2, 0) is 4.79 Å². The molecule has 0 radical (unpaired) electrons. The fraction of sp³-hybridized carbons (Fsp3) is 0.857. The Morgan fingerprint density at radius 3 is 2.75 bits per heavy atom. The van der Waals surface area contributed by atoms with E-state index in [1.165, 1.54) is 0 Å². The highest BCUT2D eigenvalue weighted by Gasteiger charge is 2.24. The molecule has 3 amide bonds. The summed E-state index contributed by atoms with van der Waals surface area (Å²) in [4.78, 5) is 25.4. The number of likely N-dealkylation sites (tertiary alicyclic amines) is 1. The zero-order chi connectivity index (χ0) is 15.0. The molecule has 1 rings (SSSR count). The van der Waals surface area contributed by atoms with Gasteiger partial charge in [-0.1, -0.05) is 20.3 Å². The van der Waals surface area contributed by atoms with Gasteiger partial charge in [0.1, 0.15) is 0 Å². The summed E-state index contributed by atoms with van der Waals surface area (Å²) in [6.45, 7) is 5.75. The number of carbonyl (C=O) groups is 2. The Labute approximate surface area is 120 Å². The van der Waals surface area contributed by atoms with Crippen LogP contribution in [0, 0.1) is 5.92 Å². The molecule has 1 atom stereocenters. The van der Waals surface area contributed by atoms with Gasteiger partial charge in [-0.3, -0.25) is 15.0 Å². The van der Waals surface area contributed by atoms with Crippen LogP contribution in [0.15, 0.2) is 0 Å². The third-order valence-electron chi connectivity index (χ3n) is 3.48. The molecule has 1 heterocycles. The van der Waals surface area contributed by atoms with Crippen LogP contribution in [0.5, 0.6) is 0 Å². The molecule has 0 aromatic rings. The van der Waals surface area contributed by atoms with E-state index in [2.05, 4.69) is 15.5 Å². The van der Waals surface area contributed by atoms with Crippen LogP contribution < -0.4 is 10.6 Å². The van der Waals surface area contributed by atoms with Gasteiger partial charge in [-0.25, -0.2) is 4.79 Å². The monoisotopic (exact) mass is 285 g/mol. The first-order chi connectivity index (χ1) is 9.52. The molecular formula is C14H27N3O3. The smallest absolute Gasteiger partial charge is 0.321 e. The van der Waals surface area contributed by atoms with Crippen LogP contribution in [0.1, 0.15) is 39.5 Å². The number of hydrogen-bond donors (Lipinski definition) is 3. The number of imide groups is 1. The lowest BCUT2D eigenvalue weighted by atomic mass is 10.00. The Morgan fingerprint density at radius 2 is 2.10 bits per heavy atom. The number of carbonyl (C=O) groups excluding carboxylic acids is 2. The van der Waals surface area contributed by atoms with Gasteiger partial charge in [0.15, 0.2) is 0 Å². The van der Waals surface area contributed by atoms with E-state index < -0.39 is 6.03 Å². The average molecular weight is 285 g/mol. The zero-order valence-corrected chi connectivity index (χ0v) is 12.5. The van der Waals surface area contributed by atoms with Crippen LogP contribution in [0.2, 0.25) is 0 Å². The predicted molar refractivity (Wildman–Crippen MR) is 77.3 cm³/mol. The van der Waals surface area contributed by atoms with E-state index in [-0.39, 0.29) is 25.1 Å². The van der Waals surface area contributed by atoms with E-state index in [1.807, 2.05) is 13.8 Å². The first kappa shape index (κ1) is 16.9. The molecule has 116 valence electrons. The van der Waals surface area contributed by atoms with Crippen LogP contribution in [-0.4, -0.2) is 54.2 Å². The van der Waals surface area contributed by atoms with Crippen molar-refractivity contribution in [3.8, 4) is 0 Å². The van der Waals surface area contributed by atoms with Crippen molar-refractivity contribution in [3.63, 3.8) is 0 Å². The number of nitrogens with zero attached hydrogens (tertiary/aromatic N) is 1. The lowest BCUT2D eigenvalue weighted by molar-refractivity contribution is -0.122. The highest BCUT2D eigenvalue weighted by Crippen LogP contribution is 2.18. The minimum Gasteiger partial charge on any atom is -0.396 e. The molecule has 1 unspecified atom stereocenters. The Bertz CT molecular complexity index is 319. The molecule has 0 spiro atoms. The molecule has 1 fully saturated rings. The van der Waals surface area contributed by atoms with Crippen LogP contribution >= 0.6 is 0 Å². The molecule has 1 saturated heterocycles. The second kappa shape index (κ2) is 8.92. The van der Waals surface area contributed by atoms with E-state index in [1.54, 1.807) is 0 Å². The number of aliphatic hydroxyl groups excluding tert-OH is 1. The molecule has 0 bridgehead atoms. The first-order valence-corrected chi connectivity index (χ1v) is 7.45. The van der Waals surface area contributed by atoms with Crippen LogP contribution in [0.25, 0.3) is 0 Å². The highest BCUT2D eigenvalue weighted by atomic mass is 16.3. The number of urea groups is 1. The van der Waals surface area contributed by atoms with Crippen molar-refractivity contribution in [2.75, 3.05) is 26.2 Å². The SMILES string of the molecule is CC(C)CNC(=O)NC(=O)CN1CCCCC1CCO. The Hall–Kier alpha value is -1.14. The second-order valence-corrected chi connectivity index (χ2v) is 5.78. The summed E-state index contributed by atoms with van der Waals surface area (Å²) in [6, 6.07) is -0.183. The number of rotatable bonds is 6. The Kier molecular flexibility index (Phi) is 7.54. The summed E-state index contributed by atoms with van der Waals surface area (Å²) >= 11 is 0. The van der Waals surface area contributed by atoms with Crippen molar-refractivity contribution in [1.82, 2.24) is 15.5 Å². The summed E-state index contributed by atoms with van der Waals surface area (Å²) in [5.74, 6) is 0.0722. The van der Waals surface area contributed by atoms with Gasteiger partial charge in [0, 0.05) is 19.2 Å². The van der Waals surface area contributed by atoms with E-state index >= 15 is 0 Å². The number of amides is 3. The maximum atomic E-state index is 11.8.